The number of pyridine rings is 1. The van der Waals surface area contributed by atoms with Crippen molar-refractivity contribution < 1.29 is 0 Å². The Hall–Kier alpha value is -0.280. The molecule has 2 rings (SSSR count). The fraction of sp³-hybridized carbons (Fsp3) is 0.615. The van der Waals surface area contributed by atoms with Crippen LogP contribution in [0.5, 0.6) is 0 Å². The standard InChI is InChI=1S/C13H18BrClN2/c1-13(2,3)9-4-5-17(8-9)12-11(14)6-10(15)7-16-12/h6-7,9H,4-5,8H2,1-3H3. The van der Waals surface area contributed by atoms with Crippen LogP contribution in [0.25, 0.3) is 0 Å². The number of hydrogen-bond acceptors (Lipinski definition) is 2. The second-order valence-electron chi connectivity index (χ2n) is 5.76. The van der Waals surface area contributed by atoms with Crippen LogP contribution in [0, 0.1) is 11.3 Å². The molecule has 1 atom stereocenters. The van der Waals surface area contributed by atoms with Gasteiger partial charge in [-0.25, -0.2) is 4.98 Å². The number of nitrogens with zero attached hydrogens (tertiary/aromatic N) is 2. The van der Waals surface area contributed by atoms with Gasteiger partial charge in [0.1, 0.15) is 5.82 Å². The molecule has 0 N–H and O–H groups in total. The van der Waals surface area contributed by atoms with Crippen LogP contribution >= 0.6 is 27.5 Å². The van der Waals surface area contributed by atoms with Gasteiger partial charge in [-0.2, -0.15) is 0 Å². The van der Waals surface area contributed by atoms with E-state index in [1.54, 1.807) is 6.20 Å². The second kappa shape index (κ2) is 4.77. The summed E-state index contributed by atoms with van der Waals surface area (Å²) in [5.41, 5.74) is 0.369. The van der Waals surface area contributed by atoms with E-state index in [0.717, 1.165) is 29.3 Å². The predicted octanol–water partition coefficient (Wildman–Crippen LogP) is 4.37. The summed E-state index contributed by atoms with van der Waals surface area (Å²) in [5, 5.41) is 0.673. The molecule has 0 spiro atoms. The lowest BCUT2D eigenvalue weighted by Crippen LogP contribution is -2.26. The lowest BCUT2D eigenvalue weighted by Gasteiger charge is -2.27. The SMILES string of the molecule is CC(C)(C)C1CCN(c2ncc(Cl)cc2Br)C1. The molecule has 1 unspecified atom stereocenters. The van der Waals surface area contributed by atoms with E-state index in [9.17, 15) is 0 Å². The van der Waals surface area contributed by atoms with Gasteiger partial charge >= 0.3 is 0 Å². The third kappa shape index (κ3) is 2.94. The summed E-state index contributed by atoms with van der Waals surface area (Å²) in [5.74, 6) is 1.74. The maximum atomic E-state index is 5.91. The number of hydrogen-bond donors (Lipinski definition) is 0. The lowest BCUT2D eigenvalue weighted by molar-refractivity contribution is 0.263. The summed E-state index contributed by atoms with van der Waals surface area (Å²) < 4.78 is 0.986. The average Bonchev–Trinajstić information content (AvgIpc) is 2.65. The van der Waals surface area contributed by atoms with Crippen molar-refractivity contribution in [1.82, 2.24) is 4.98 Å². The first kappa shape index (κ1) is 13.2. The third-order valence-electron chi connectivity index (χ3n) is 3.50. The van der Waals surface area contributed by atoms with E-state index in [0.29, 0.717) is 10.4 Å². The molecule has 1 fully saturated rings. The Morgan fingerprint density at radius 2 is 2.18 bits per heavy atom. The van der Waals surface area contributed by atoms with E-state index < -0.39 is 0 Å². The van der Waals surface area contributed by atoms with E-state index >= 15 is 0 Å². The summed E-state index contributed by atoms with van der Waals surface area (Å²) in [6.07, 6.45) is 2.95. The molecule has 1 aromatic heterocycles. The molecule has 0 bridgehead atoms. The number of aromatic nitrogens is 1. The molecule has 1 aliphatic heterocycles. The molecule has 0 amide bonds. The molecule has 4 heteroatoms. The minimum Gasteiger partial charge on any atom is -0.355 e. The molecule has 0 radical (unpaired) electrons. The molecule has 2 heterocycles. The Kier molecular flexibility index (Phi) is 3.69. The molecular formula is C13H18BrClN2. The first-order valence-corrected chi connectivity index (χ1v) is 7.11. The van der Waals surface area contributed by atoms with E-state index in [-0.39, 0.29) is 0 Å². The number of anilines is 1. The molecule has 17 heavy (non-hydrogen) atoms. The van der Waals surface area contributed by atoms with Gasteiger partial charge in [0.15, 0.2) is 0 Å². The highest BCUT2D eigenvalue weighted by Gasteiger charge is 2.32. The first-order chi connectivity index (χ1) is 7.88. The van der Waals surface area contributed by atoms with Gasteiger partial charge in [0.05, 0.1) is 9.50 Å². The Morgan fingerprint density at radius 1 is 1.47 bits per heavy atom. The number of halogens is 2. The van der Waals surface area contributed by atoms with Crippen molar-refractivity contribution in [2.24, 2.45) is 11.3 Å². The maximum Gasteiger partial charge on any atom is 0.142 e. The summed E-state index contributed by atoms with van der Waals surface area (Å²) in [6, 6.07) is 1.91. The van der Waals surface area contributed by atoms with Crippen molar-refractivity contribution in [3.05, 3.63) is 21.8 Å². The number of rotatable bonds is 1. The average molecular weight is 318 g/mol. The quantitative estimate of drug-likeness (QED) is 0.764. The Morgan fingerprint density at radius 3 is 2.71 bits per heavy atom. The minimum atomic E-state index is 0.369. The second-order valence-corrected chi connectivity index (χ2v) is 7.05. The molecule has 0 aliphatic carbocycles. The fourth-order valence-electron chi connectivity index (χ4n) is 2.30. The van der Waals surface area contributed by atoms with Crippen LogP contribution in [-0.4, -0.2) is 18.1 Å². The van der Waals surface area contributed by atoms with Crippen LogP contribution in [0.3, 0.4) is 0 Å². The van der Waals surface area contributed by atoms with Crippen LogP contribution in [0.4, 0.5) is 5.82 Å². The van der Waals surface area contributed by atoms with Crippen molar-refractivity contribution in [1.29, 1.82) is 0 Å². The van der Waals surface area contributed by atoms with Crippen LogP contribution in [-0.2, 0) is 0 Å². The maximum absolute atomic E-state index is 5.91. The molecular weight excluding hydrogens is 300 g/mol. The molecule has 1 aliphatic rings. The summed E-state index contributed by atoms with van der Waals surface area (Å²) in [7, 11) is 0. The lowest BCUT2D eigenvalue weighted by atomic mass is 9.80. The van der Waals surface area contributed by atoms with Crippen LogP contribution in [0.1, 0.15) is 27.2 Å². The molecule has 2 nitrogen and oxygen atoms in total. The van der Waals surface area contributed by atoms with Gasteiger partial charge in [-0.3, -0.25) is 0 Å². The van der Waals surface area contributed by atoms with Crippen LogP contribution < -0.4 is 4.90 Å². The fourth-order valence-corrected chi connectivity index (χ4v) is 3.19. The topological polar surface area (TPSA) is 16.1 Å². The highest BCUT2D eigenvalue weighted by molar-refractivity contribution is 9.10. The molecule has 0 saturated carbocycles. The molecule has 94 valence electrons. The first-order valence-electron chi connectivity index (χ1n) is 5.94. The molecule has 1 saturated heterocycles. The van der Waals surface area contributed by atoms with Crippen molar-refractivity contribution in [2.45, 2.75) is 27.2 Å². The van der Waals surface area contributed by atoms with Crippen molar-refractivity contribution in [3.63, 3.8) is 0 Å². The largest absolute Gasteiger partial charge is 0.355 e. The highest BCUT2D eigenvalue weighted by Crippen LogP contribution is 2.37. The minimum absolute atomic E-state index is 0.369. The van der Waals surface area contributed by atoms with E-state index in [1.165, 1.54) is 6.42 Å². The van der Waals surface area contributed by atoms with Gasteiger partial charge in [-0.05, 0) is 39.8 Å². The van der Waals surface area contributed by atoms with E-state index in [1.807, 2.05) is 6.07 Å². The monoisotopic (exact) mass is 316 g/mol. The normalized spacial score (nSPS) is 21.0. The summed E-state index contributed by atoms with van der Waals surface area (Å²) >= 11 is 9.45. The van der Waals surface area contributed by atoms with Gasteiger partial charge < -0.3 is 4.90 Å². The van der Waals surface area contributed by atoms with E-state index in [4.69, 9.17) is 11.6 Å². The highest BCUT2D eigenvalue weighted by atomic mass is 79.9. The van der Waals surface area contributed by atoms with Gasteiger partial charge in [0.25, 0.3) is 0 Å². The molecule has 1 aromatic rings. The van der Waals surface area contributed by atoms with Gasteiger partial charge in [0.2, 0.25) is 0 Å². The zero-order valence-corrected chi connectivity index (χ0v) is 12.8. The smallest absolute Gasteiger partial charge is 0.142 e. The van der Waals surface area contributed by atoms with Crippen LogP contribution in [0.2, 0.25) is 5.02 Å². The van der Waals surface area contributed by atoms with Crippen LogP contribution in [0.15, 0.2) is 16.7 Å². The van der Waals surface area contributed by atoms with Crippen molar-refractivity contribution in [2.75, 3.05) is 18.0 Å². The zero-order valence-electron chi connectivity index (χ0n) is 10.5. The van der Waals surface area contributed by atoms with Crippen molar-refractivity contribution in [3.8, 4) is 0 Å². The molecule has 0 aromatic carbocycles. The summed E-state index contributed by atoms with van der Waals surface area (Å²) in [4.78, 5) is 6.77. The van der Waals surface area contributed by atoms with Gasteiger partial charge in [0, 0.05) is 19.3 Å². The summed E-state index contributed by atoms with van der Waals surface area (Å²) in [6.45, 7) is 9.09. The van der Waals surface area contributed by atoms with Gasteiger partial charge in [-0.1, -0.05) is 32.4 Å². The Labute approximate surface area is 116 Å². The Balaban J connectivity index is 2.15. The predicted molar refractivity (Wildman–Crippen MR) is 76.7 cm³/mol. The zero-order chi connectivity index (χ0) is 12.6. The van der Waals surface area contributed by atoms with Crippen molar-refractivity contribution >= 4 is 33.3 Å². The Bertz CT molecular complexity index is 414. The van der Waals surface area contributed by atoms with Gasteiger partial charge in [-0.15, -0.1) is 0 Å². The third-order valence-corrected chi connectivity index (χ3v) is 4.29. The van der Waals surface area contributed by atoms with E-state index in [2.05, 4.69) is 46.6 Å².